The maximum absolute atomic E-state index is 14.0. The van der Waals surface area contributed by atoms with E-state index in [0.717, 1.165) is 29.5 Å². The minimum atomic E-state index is -1.61. The lowest BCUT2D eigenvalue weighted by Gasteiger charge is -2.34. The summed E-state index contributed by atoms with van der Waals surface area (Å²) in [5.74, 6) is -0.986. The summed E-state index contributed by atoms with van der Waals surface area (Å²) >= 11 is -1.61. The van der Waals surface area contributed by atoms with E-state index in [1.54, 1.807) is 22.5 Å². The number of aliphatic hydroxyl groups excluding tert-OH is 1. The molecule has 4 rings (SSSR count). The number of nitrogen functional groups attached to an aromatic ring is 1. The number of nitrogens with one attached hydrogen (secondary N) is 3. The minimum Gasteiger partial charge on any atom is -0.593 e. The van der Waals surface area contributed by atoms with E-state index < -0.39 is 46.4 Å². The van der Waals surface area contributed by atoms with Crippen LogP contribution in [0.5, 0.6) is 0 Å². The molecule has 0 spiro atoms. The Morgan fingerprint density at radius 3 is 2.31 bits per heavy atom. The molecule has 2 unspecified atom stereocenters. The predicted molar refractivity (Wildman–Crippen MR) is 193 cm³/mol. The smallest absolute Gasteiger partial charge is 0.243 e. The molecule has 0 saturated heterocycles. The lowest BCUT2D eigenvalue weighted by atomic mass is 9.85. The number of aryl methyl sites for hydroxylation is 1. The fourth-order valence-electron chi connectivity index (χ4n) is 5.86. The molecule has 1 aliphatic rings. The van der Waals surface area contributed by atoms with Gasteiger partial charge in [0.15, 0.2) is 4.90 Å². The summed E-state index contributed by atoms with van der Waals surface area (Å²) in [5, 5.41) is 20.9. The monoisotopic (exact) mass is 693 g/mol. The van der Waals surface area contributed by atoms with Gasteiger partial charge in [-0.2, -0.15) is 0 Å². The van der Waals surface area contributed by atoms with Crippen molar-refractivity contribution >= 4 is 28.9 Å². The molecule has 49 heavy (non-hydrogen) atoms. The Bertz CT molecular complexity index is 1560. The number of carbonyl (C=O) groups is 2. The van der Waals surface area contributed by atoms with Gasteiger partial charge < -0.3 is 26.0 Å². The van der Waals surface area contributed by atoms with Gasteiger partial charge in [0, 0.05) is 23.8 Å². The number of carbonyl (C=O) groups excluding carboxylic acids is 2. The van der Waals surface area contributed by atoms with Crippen molar-refractivity contribution in [2.75, 3.05) is 25.4 Å². The zero-order valence-corrected chi connectivity index (χ0v) is 30.3. The average molecular weight is 694 g/mol. The number of benzene rings is 3. The van der Waals surface area contributed by atoms with Crippen LogP contribution in [0.4, 0.5) is 10.1 Å². The van der Waals surface area contributed by atoms with Crippen molar-refractivity contribution in [1.29, 1.82) is 0 Å². The Morgan fingerprint density at radius 2 is 1.71 bits per heavy atom. The third-order valence-electron chi connectivity index (χ3n) is 8.88. The van der Waals surface area contributed by atoms with E-state index in [1.165, 1.54) is 12.1 Å². The first-order chi connectivity index (χ1) is 23.1. The molecule has 11 heteroatoms. The van der Waals surface area contributed by atoms with E-state index >= 15 is 0 Å². The minimum absolute atomic E-state index is 0.0228. The normalized spacial score (nSPS) is 16.6. The topological polar surface area (TPSA) is 143 Å². The summed E-state index contributed by atoms with van der Waals surface area (Å²) in [6.45, 7) is 11.9. The molecule has 0 radical (unpaired) electrons. The van der Waals surface area contributed by atoms with Gasteiger partial charge in [0.1, 0.15) is 11.9 Å². The third kappa shape index (κ3) is 10.8. The summed E-state index contributed by atoms with van der Waals surface area (Å²) in [5.41, 5.74) is 8.12. The van der Waals surface area contributed by atoms with Crippen LogP contribution in [0.1, 0.15) is 64.2 Å². The quantitative estimate of drug-likeness (QED) is 0.109. The number of nitrogens with zero attached hydrogens (tertiary/aromatic N) is 1. The molecular formula is C38H52FN5O4S. The molecule has 1 saturated carbocycles. The number of rotatable bonds is 16. The standard InChI is InChI=1S/C38H52FN5O4S/c1-25(2)23-44(49(48)30-16-15-26(3)31(40)21-30)24-33(45)32(19-27-11-8-7-9-12-27)42-36(47)35(37(4,5)6)43-34(46)22-41-38(17-18-38)28-13-10-14-29(39)20-28/h7-16,20-21,25,32-33,35,41,45H,17-19,22-24,40H2,1-6H3,(H,42,47)(H,43,46)/t32-,33+,35?,49?/m0/s1. The number of aliphatic hydroxyl groups is 1. The van der Waals surface area contributed by atoms with Gasteiger partial charge in [0.25, 0.3) is 0 Å². The van der Waals surface area contributed by atoms with Crippen molar-refractivity contribution < 1.29 is 23.6 Å². The largest absolute Gasteiger partial charge is 0.593 e. The molecule has 0 aromatic heterocycles. The van der Waals surface area contributed by atoms with Gasteiger partial charge >= 0.3 is 0 Å². The highest BCUT2D eigenvalue weighted by Gasteiger charge is 2.45. The lowest BCUT2D eigenvalue weighted by molar-refractivity contribution is -0.132. The van der Waals surface area contributed by atoms with E-state index in [-0.39, 0.29) is 30.7 Å². The molecule has 1 fully saturated rings. The first kappa shape index (κ1) is 38.3. The zero-order valence-electron chi connectivity index (χ0n) is 29.5. The lowest BCUT2D eigenvalue weighted by Crippen LogP contribution is -2.59. The molecule has 3 aromatic rings. The van der Waals surface area contributed by atoms with Crippen molar-refractivity contribution in [3.05, 3.63) is 95.3 Å². The summed E-state index contributed by atoms with van der Waals surface area (Å²) in [6, 6.07) is 19.5. The van der Waals surface area contributed by atoms with Crippen LogP contribution in [0.2, 0.25) is 0 Å². The summed E-state index contributed by atoms with van der Waals surface area (Å²) < 4.78 is 29.4. The van der Waals surface area contributed by atoms with Crippen molar-refractivity contribution in [2.24, 2.45) is 11.3 Å². The summed E-state index contributed by atoms with van der Waals surface area (Å²) in [4.78, 5) is 27.8. The first-order valence-corrected chi connectivity index (χ1v) is 18.0. The molecule has 2 amide bonds. The Labute approximate surface area is 293 Å². The molecule has 0 bridgehead atoms. The maximum Gasteiger partial charge on any atom is 0.243 e. The predicted octanol–water partition coefficient (Wildman–Crippen LogP) is 4.60. The van der Waals surface area contributed by atoms with Crippen LogP contribution in [-0.2, 0) is 32.9 Å². The highest BCUT2D eigenvalue weighted by atomic mass is 32.2. The van der Waals surface area contributed by atoms with Crippen molar-refractivity contribution in [1.82, 2.24) is 20.3 Å². The Morgan fingerprint density at radius 1 is 1.02 bits per heavy atom. The van der Waals surface area contributed by atoms with Crippen molar-refractivity contribution in [3.63, 3.8) is 0 Å². The van der Waals surface area contributed by atoms with E-state index in [2.05, 4.69) is 16.0 Å². The molecule has 6 N–H and O–H groups in total. The van der Waals surface area contributed by atoms with Crippen molar-refractivity contribution in [3.8, 4) is 0 Å². The molecule has 0 heterocycles. The molecule has 1 aliphatic carbocycles. The fraction of sp³-hybridized carbons (Fsp3) is 0.474. The van der Waals surface area contributed by atoms with Crippen LogP contribution in [-0.4, -0.2) is 63.6 Å². The summed E-state index contributed by atoms with van der Waals surface area (Å²) in [7, 11) is 0. The second kappa shape index (κ2) is 16.5. The number of hydrogen-bond acceptors (Lipinski definition) is 7. The van der Waals surface area contributed by atoms with Crippen molar-refractivity contribution in [2.45, 2.75) is 89.4 Å². The van der Waals surface area contributed by atoms with Crippen LogP contribution in [0.25, 0.3) is 0 Å². The number of hydrogen-bond donors (Lipinski definition) is 5. The Hall–Kier alpha value is -3.48. The van der Waals surface area contributed by atoms with Crippen LogP contribution in [0, 0.1) is 24.1 Å². The average Bonchev–Trinajstić information content (AvgIpc) is 3.84. The SMILES string of the molecule is Cc1ccc([S+]([O-])N(CC(C)C)C[C@@H](O)[C@H](Cc2ccccc2)NC(=O)C(NC(=O)CNC2(c3cccc(F)c3)CC2)C(C)(C)C)cc1N. The third-order valence-corrected chi connectivity index (χ3v) is 10.3. The Kier molecular flexibility index (Phi) is 12.9. The molecule has 0 aliphatic heterocycles. The van der Waals surface area contributed by atoms with Gasteiger partial charge in [-0.15, -0.1) is 4.31 Å². The number of nitrogens with two attached hydrogens (primary N) is 1. The van der Waals surface area contributed by atoms with Gasteiger partial charge in [0.2, 0.25) is 11.8 Å². The van der Waals surface area contributed by atoms with Gasteiger partial charge in [0.05, 0.1) is 36.6 Å². The molecule has 3 aromatic carbocycles. The van der Waals surface area contributed by atoms with Crippen LogP contribution in [0.15, 0.2) is 77.7 Å². The molecule has 4 atom stereocenters. The van der Waals surface area contributed by atoms with Crippen LogP contribution >= 0.6 is 0 Å². The highest BCUT2D eigenvalue weighted by Crippen LogP contribution is 2.45. The van der Waals surface area contributed by atoms with E-state index in [4.69, 9.17) is 5.73 Å². The maximum atomic E-state index is 14.0. The number of anilines is 1. The number of halogens is 1. The zero-order chi connectivity index (χ0) is 35.9. The molecule has 9 nitrogen and oxygen atoms in total. The summed E-state index contributed by atoms with van der Waals surface area (Å²) in [6.07, 6.45) is 0.772. The van der Waals surface area contributed by atoms with Crippen LogP contribution in [0.3, 0.4) is 0 Å². The molecular weight excluding hydrogens is 642 g/mol. The first-order valence-electron chi connectivity index (χ1n) is 16.9. The Balaban J connectivity index is 1.50. The van der Waals surface area contributed by atoms with E-state index in [9.17, 15) is 23.6 Å². The van der Waals surface area contributed by atoms with Gasteiger partial charge in [-0.05, 0) is 72.4 Å². The highest BCUT2D eigenvalue weighted by molar-refractivity contribution is 7.89. The van der Waals surface area contributed by atoms with E-state index in [1.807, 2.05) is 84.0 Å². The second-order valence-electron chi connectivity index (χ2n) is 14.7. The van der Waals surface area contributed by atoms with Gasteiger partial charge in [-0.3, -0.25) is 14.9 Å². The second-order valence-corrected chi connectivity index (χ2v) is 16.2. The van der Waals surface area contributed by atoms with Crippen LogP contribution < -0.4 is 21.7 Å². The van der Waals surface area contributed by atoms with Gasteiger partial charge in [-0.25, -0.2) is 4.39 Å². The molecule has 266 valence electrons. The number of amides is 2. The van der Waals surface area contributed by atoms with E-state index in [0.29, 0.717) is 23.5 Å². The van der Waals surface area contributed by atoms with Gasteiger partial charge in [-0.1, -0.05) is 83.1 Å². The fourth-order valence-corrected chi connectivity index (χ4v) is 7.29.